The quantitative estimate of drug-likeness (QED) is 0.0489. The van der Waals surface area contributed by atoms with Crippen molar-refractivity contribution in [3.63, 3.8) is 0 Å². The average molecular weight is 846 g/mol. The van der Waals surface area contributed by atoms with Crippen LogP contribution in [-0.4, -0.2) is 103 Å². The predicted octanol–water partition coefficient (Wildman–Crippen LogP) is 7.05. The molecular formula is C48H67N3O10. The first-order valence-electron chi connectivity index (χ1n) is 22.5. The molecule has 1 heterocycles. The first kappa shape index (κ1) is 46.2. The molecule has 0 aromatic heterocycles. The Bertz CT molecular complexity index is 1780. The van der Waals surface area contributed by atoms with Gasteiger partial charge in [-0.15, -0.1) is 6.58 Å². The van der Waals surface area contributed by atoms with E-state index in [1.54, 1.807) is 12.1 Å². The highest BCUT2D eigenvalue weighted by Crippen LogP contribution is 2.62. The lowest BCUT2D eigenvalue weighted by Crippen LogP contribution is -2.70. The van der Waals surface area contributed by atoms with E-state index in [0.29, 0.717) is 48.9 Å². The lowest BCUT2D eigenvalue weighted by atomic mass is 9.55. The molecule has 2 aromatic carbocycles. The van der Waals surface area contributed by atoms with Crippen molar-refractivity contribution >= 4 is 17.7 Å². The molecule has 0 bridgehead atoms. The van der Waals surface area contributed by atoms with Crippen LogP contribution in [0.1, 0.15) is 101 Å². The summed E-state index contributed by atoms with van der Waals surface area (Å²) in [6, 6.07) is 14.4. The largest absolute Gasteiger partial charge is 0.459 e. The van der Waals surface area contributed by atoms with E-state index < -0.39 is 23.8 Å². The van der Waals surface area contributed by atoms with Gasteiger partial charge in [-0.2, -0.15) is 0 Å². The van der Waals surface area contributed by atoms with Gasteiger partial charge in [-0.3, -0.25) is 4.79 Å². The molecule has 6 rings (SSSR count). The lowest BCUT2D eigenvalue weighted by Gasteiger charge is -2.60. The minimum Gasteiger partial charge on any atom is -0.459 e. The molecule has 334 valence electrons. The summed E-state index contributed by atoms with van der Waals surface area (Å²) in [6.07, 6.45) is 13.9. The number of oxime groups is 1. The van der Waals surface area contributed by atoms with Gasteiger partial charge in [0, 0.05) is 50.6 Å². The van der Waals surface area contributed by atoms with E-state index in [9.17, 15) is 24.9 Å². The smallest absolute Gasteiger partial charge is 0.412 e. The third-order valence-corrected chi connectivity index (χ3v) is 13.0. The second-order valence-electron chi connectivity index (χ2n) is 16.8. The number of fused-ring (bicyclic) bond motifs is 2. The summed E-state index contributed by atoms with van der Waals surface area (Å²) in [6.45, 7) is 5.10. The van der Waals surface area contributed by atoms with Gasteiger partial charge in [-0.05, 0) is 79.2 Å². The minimum atomic E-state index is -1.41. The van der Waals surface area contributed by atoms with Crippen LogP contribution in [-0.2, 0) is 25.7 Å². The van der Waals surface area contributed by atoms with Gasteiger partial charge in [-0.1, -0.05) is 86.2 Å². The topological polar surface area (TPSA) is 169 Å². The highest BCUT2D eigenvalue weighted by Gasteiger charge is 2.65. The maximum atomic E-state index is 14.7. The predicted molar refractivity (Wildman–Crippen MR) is 232 cm³/mol. The number of hydrogen-bond donors (Lipinski definition) is 4. The van der Waals surface area contributed by atoms with Crippen LogP contribution in [0.25, 0.3) is 0 Å². The summed E-state index contributed by atoms with van der Waals surface area (Å²) in [4.78, 5) is 35.4. The fourth-order valence-corrected chi connectivity index (χ4v) is 10.3. The third kappa shape index (κ3) is 11.4. The number of amides is 2. The number of unbranched alkanes of at least 4 members (excludes halogenated alkanes) is 2. The van der Waals surface area contributed by atoms with Gasteiger partial charge in [0.1, 0.15) is 24.7 Å². The molecule has 4 aliphatic rings. The van der Waals surface area contributed by atoms with Gasteiger partial charge >= 0.3 is 6.09 Å². The summed E-state index contributed by atoms with van der Waals surface area (Å²) in [5, 5.41) is 36.9. The Balaban J connectivity index is 1.48. The first-order valence-corrected chi connectivity index (χ1v) is 22.5. The third-order valence-electron chi connectivity index (χ3n) is 13.0. The summed E-state index contributed by atoms with van der Waals surface area (Å²) in [5.41, 5.74) is 3.42. The highest BCUT2D eigenvalue weighted by molar-refractivity contribution is 6.03. The monoisotopic (exact) mass is 845 g/mol. The molecule has 2 saturated carbocycles. The number of ether oxygens (including phenoxy) is 4. The van der Waals surface area contributed by atoms with Gasteiger partial charge < -0.3 is 49.3 Å². The van der Waals surface area contributed by atoms with Crippen molar-refractivity contribution in [1.82, 2.24) is 10.2 Å². The number of aliphatic hydroxyl groups is 3. The van der Waals surface area contributed by atoms with Crippen molar-refractivity contribution in [1.29, 1.82) is 0 Å². The number of carbonyl (C=O) groups is 2. The maximum absolute atomic E-state index is 14.7. The zero-order valence-corrected chi connectivity index (χ0v) is 35.9. The normalized spacial score (nSPS) is 24.9. The van der Waals surface area contributed by atoms with E-state index in [-0.39, 0.29) is 76.3 Å². The molecule has 2 fully saturated rings. The highest BCUT2D eigenvalue weighted by atomic mass is 16.7. The Hall–Kier alpha value is -4.27. The molecule has 2 aromatic rings. The Morgan fingerprint density at radius 2 is 1.75 bits per heavy atom. The molecule has 3 aliphatic carbocycles. The first-order chi connectivity index (χ1) is 29.9. The maximum Gasteiger partial charge on any atom is 0.412 e. The van der Waals surface area contributed by atoms with E-state index >= 15 is 0 Å². The minimum absolute atomic E-state index is 0.0115. The zero-order valence-electron chi connectivity index (χ0n) is 35.9. The van der Waals surface area contributed by atoms with E-state index in [1.165, 1.54) is 20.0 Å². The van der Waals surface area contributed by atoms with E-state index in [0.717, 1.165) is 61.6 Å². The zero-order chi connectivity index (χ0) is 43.0. The standard InChI is InChI=1S/C48H67N3O10/c1-3-27-59-48-43(51(23-28-58-29-26-54)44(55)22-19-34-13-7-8-14-34)32-41(50-57-2)39-30-36(17-9-11-24-52)38(18-10-12-25-53)45(46(39)48)40-31-37(20-21-42(40)61-48)60-47(56)49-33-35-15-5-4-6-16-35/h3-6,15-16,20-21,30-31,34,36,38,43,45-46,52-54H,1,7-14,17-19,22-29,32-33H2,2H3,(H,49,56). The van der Waals surface area contributed by atoms with Crippen molar-refractivity contribution in [2.45, 2.75) is 108 Å². The number of aliphatic hydroxyl groups excluding tert-OH is 3. The van der Waals surface area contributed by atoms with E-state index in [2.05, 4.69) is 23.1 Å². The summed E-state index contributed by atoms with van der Waals surface area (Å²) in [7, 11) is 1.53. The average Bonchev–Trinajstić information content (AvgIpc) is 3.80. The van der Waals surface area contributed by atoms with Crippen LogP contribution < -0.4 is 14.8 Å². The van der Waals surface area contributed by atoms with Crippen molar-refractivity contribution in [2.24, 2.45) is 28.8 Å². The molecule has 6 unspecified atom stereocenters. The van der Waals surface area contributed by atoms with Crippen molar-refractivity contribution in [2.75, 3.05) is 53.3 Å². The number of rotatable bonds is 24. The van der Waals surface area contributed by atoms with Crippen LogP contribution in [0.15, 0.2) is 78.0 Å². The van der Waals surface area contributed by atoms with Crippen LogP contribution in [0, 0.1) is 23.7 Å². The van der Waals surface area contributed by atoms with Gasteiger partial charge in [0.15, 0.2) is 0 Å². The number of allylic oxidation sites excluding steroid dienone is 1. The van der Waals surface area contributed by atoms with Crippen LogP contribution in [0.4, 0.5) is 4.79 Å². The summed E-state index contributed by atoms with van der Waals surface area (Å²) in [5.74, 6) is -0.702. The fraction of sp³-hybridized carbons (Fsp3) is 0.604. The second-order valence-corrected chi connectivity index (χ2v) is 16.8. The van der Waals surface area contributed by atoms with Crippen LogP contribution >= 0.6 is 0 Å². The van der Waals surface area contributed by atoms with Crippen molar-refractivity contribution in [3.05, 3.63) is 84.0 Å². The summed E-state index contributed by atoms with van der Waals surface area (Å²) < 4.78 is 26.1. The van der Waals surface area contributed by atoms with Gasteiger partial charge in [-0.25, -0.2) is 4.79 Å². The Morgan fingerprint density at radius 1 is 0.984 bits per heavy atom. The Labute approximate surface area is 361 Å². The van der Waals surface area contributed by atoms with Crippen LogP contribution in [0.2, 0.25) is 0 Å². The molecule has 0 radical (unpaired) electrons. The molecule has 2 amide bonds. The van der Waals surface area contributed by atoms with Gasteiger partial charge in [0.25, 0.3) is 0 Å². The molecule has 6 atom stereocenters. The molecule has 0 spiro atoms. The molecule has 61 heavy (non-hydrogen) atoms. The molecule has 4 N–H and O–H groups in total. The number of hydrogen-bond acceptors (Lipinski definition) is 11. The van der Waals surface area contributed by atoms with Crippen LogP contribution in [0.5, 0.6) is 11.5 Å². The Kier molecular flexibility index (Phi) is 17.6. The van der Waals surface area contributed by atoms with Crippen LogP contribution in [0.3, 0.4) is 0 Å². The number of nitrogens with zero attached hydrogens (tertiary/aromatic N) is 2. The SMILES string of the molecule is C=CCOC12Oc3ccc(OC(=O)NCc4ccccc4)cc3C3C(CCCCO)C(CCCCO)C=C(C(=NOC)CC1N(CCOCCO)C(=O)CCC1CCCC1)C32. The summed E-state index contributed by atoms with van der Waals surface area (Å²) >= 11 is 0. The molecule has 1 aliphatic heterocycles. The molecule has 13 nitrogen and oxygen atoms in total. The lowest BCUT2D eigenvalue weighted by molar-refractivity contribution is -0.258. The Morgan fingerprint density at radius 3 is 2.48 bits per heavy atom. The van der Waals surface area contributed by atoms with Crippen molar-refractivity contribution in [3.8, 4) is 11.5 Å². The molecule has 13 heteroatoms. The van der Waals surface area contributed by atoms with Gasteiger partial charge in [0.05, 0.1) is 38.1 Å². The van der Waals surface area contributed by atoms with Crippen molar-refractivity contribution < 1.29 is 48.7 Å². The second kappa shape index (κ2) is 23.3. The number of carbonyl (C=O) groups excluding carboxylic acids is 2. The fourth-order valence-electron chi connectivity index (χ4n) is 10.3. The molecule has 0 saturated heterocycles. The molecular weight excluding hydrogens is 779 g/mol. The van der Waals surface area contributed by atoms with E-state index in [4.69, 9.17) is 23.8 Å². The number of nitrogens with one attached hydrogen (secondary N) is 1. The van der Waals surface area contributed by atoms with Gasteiger partial charge in [0.2, 0.25) is 11.7 Å². The number of benzene rings is 2. The van der Waals surface area contributed by atoms with E-state index in [1.807, 2.05) is 47.4 Å².